The molecule has 2 heterocycles. The highest BCUT2D eigenvalue weighted by molar-refractivity contribution is 7.99. The molecule has 0 bridgehead atoms. The van der Waals surface area contributed by atoms with Crippen LogP contribution in [0.1, 0.15) is 27.9 Å². The van der Waals surface area contributed by atoms with Crippen LogP contribution < -0.4 is 5.32 Å². The topological polar surface area (TPSA) is 72.7 Å². The molecule has 184 valence electrons. The number of carbonyl (C=O) groups is 1. The number of aromatic nitrogens is 4. The normalized spacial score (nSPS) is 12.7. The van der Waals surface area contributed by atoms with Crippen LogP contribution in [-0.4, -0.2) is 31.4 Å². The summed E-state index contributed by atoms with van der Waals surface area (Å²) in [5.41, 5.74) is 3.33. The molecule has 0 atom stereocenters. The molecule has 6 nitrogen and oxygen atoms in total. The molecule has 0 spiro atoms. The molecule has 2 aromatic heterocycles. The fourth-order valence-electron chi connectivity index (χ4n) is 4.16. The maximum Gasteiger partial charge on any atom is 0.433 e. The van der Waals surface area contributed by atoms with E-state index in [4.69, 9.17) is 0 Å². The molecule has 1 amide bonds. The van der Waals surface area contributed by atoms with Gasteiger partial charge < -0.3 is 5.32 Å². The highest BCUT2D eigenvalue weighted by Crippen LogP contribution is 2.40. The Morgan fingerprint density at radius 2 is 1.83 bits per heavy atom. The van der Waals surface area contributed by atoms with Crippen molar-refractivity contribution in [3.8, 4) is 11.3 Å². The van der Waals surface area contributed by atoms with Crippen LogP contribution in [0, 0.1) is 6.92 Å². The van der Waals surface area contributed by atoms with Gasteiger partial charge in [-0.15, -0.1) is 0 Å². The second-order valence-electron chi connectivity index (χ2n) is 8.56. The van der Waals surface area contributed by atoms with Crippen LogP contribution in [-0.2, 0) is 30.4 Å². The Labute approximate surface area is 210 Å². The third kappa shape index (κ3) is 5.28. The first-order valence-electron chi connectivity index (χ1n) is 11.3. The molecule has 2 aromatic carbocycles. The van der Waals surface area contributed by atoms with Crippen LogP contribution in [0.3, 0.4) is 0 Å². The van der Waals surface area contributed by atoms with Gasteiger partial charge in [-0.2, -0.15) is 18.3 Å². The summed E-state index contributed by atoms with van der Waals surface area (Å²) in [6.07, 6.45) is -2.14. The Morgan fingerprint density at radius 1 is 1.06 bits per heavy atom. The van der Waals surface area contributed by atoms with Crippen LogP contribution in [0.15, 0.2) is 66.0 Å². The van der Waals surface area contributed by atoms with Gasteiger partial charge in [-0.05, 0) is 30.9 Å². The van der Waals surface area contributed by atoms with E-state index in [0.29, 0.717) is 24.3 Å². The number of halogens is 3. The zero-order valence-corrected chi connectivity index (χ0v) is 20.2. The monoisotopic (exact) mass is 509 g/mol. The van der Waals surface area contributed by atoms with Gasteiger partial charge in [0.05, 0.1) is 18.0 Å². The summed E-state index contributed by atoms with van der Waals surface area (Å²) in [6, 6.07) is 17.0. The number of thioether (sulfide) groups is 1. The first-order chi connectivity index (χ1) is 17.3. The summed E-state index contributed by atoms with van der Waals surface area (Å²) in [7, 11) is 0. The molecule has 0 radical (unpaired) electrons. The third-order valence-electron chi connectivity index (χ3n) is 5.88. The van der Waals surface area contributed by atoms with E-state index in [9.17, 15) is 18.0 Å². The van der Waals surface area contributed by atoms with Crippen molar-refractivity contribution in [1.82, 2.24) is 19.7 Å². The van der Waals surface area contributed by atoms with E-state index in [-0.39, 0.29) is 28.6 Å². The maximum atomic E-state index is 13.8. The Morgan fingerprint density at radius 3 is 2.61 bits per heavy atom. The Balaban J connectivity index is 1.28. The van der Waals surface area contributed by atoms with Crippen LogP contribution in [0.25, 0.3) is 11.3 Å². The van der Waals surface area contributed by atoms with Gasteiger partial charge >= 0.3 is 6.18 Å². The minimum atomic E-state index is -4.61. The smallest absolute Gasteiger partial charge is 0.308 e. The average molecular weight is 510 g/mol. The standard InChI is InChI=1S/C26H22F3N5OS/c1-16-6-8-17(9-7-16)14-34-13-12-21(33-34)30-22(35)15-36-25-31-23-19-5-3-2-4-18(19)10-11-20(23)24(32-25)26(27,28)29/h2-9,12-13H,10-11,14-15H2,1H3,(H,30,33,35). The number of fused-ring (bicyclic) bond motifs is 3. The summed E-state index contributed by atoms with van der Waals surface area (Å²) in [4.78, 5) is 20.7. The third-order valence-corrected chi connectivity index (χ3v) is 6.72. The molecule has 0 fully saturated rings. The van der Waals surface area contributed by atoms with Gasteiger partial charge in [0.15, 0.2) is 16.7 Å². The van der Waals surface area contributed by atoms with Crippen molar-refractivity contribution in [2.24, 2.45) is 0 Å². The molecule has 1 aliphatic carbocycles. The van der Waals surface area contributed by atoms with Crippen molar-refractivity contribution in [1.29, 1.82) is 0 Å². The second-order valence-corrected chi connectivity index (χ2v) is 9.50. The minimum Gasteiger partial charge on any atom is -0.308 e. The van der Waals surface area contributed by atoms with Crippen LogP contribution in [0.5, 0.6) is 0 Å². The van der Waals surface area contributed by atoms with Gasteiger partial charge in [-0.1, -0.05) is 65.9 Å². The van der Waals surface area contributed by atoms with E-state index < -0.39 is 17.8 Å². The number of anilines is 1. The van der Waals surface area contributed by atoms with E-state index in [0.717, 1.165) is 22.9 Å². The number of nitrogens with one attached hydrogen (secondary N) is 1. The lowest BCUT2D eigenvalue weighted by Gasteiger charge is -2.22. The quantitative estimate of drug-likeness (QED) is 0.273. The molecular weight excluding hydrogens is 487 g/mol. The average Bonchev–Trinajstić information content (AvgIpc) is 3.29. The highest BCUT2D eigenvalue weighted by Gasteiger charge is 2.38. The highest BCUT2D eigenvalue weighted by atomic mass is 32.2. The number of carbonyl (C=O) groups excluding carboxylic acids is 1. The second kappa shape index (κ2) is 9.77. The Kier molecular flexibility index (Phi) is 6.53. The van der Waals surface area contributed by atoms with Crippen molar-refractivity contribution >= 4 is 23.5 Å². The van der Waals surface area contributed by atoms with Crippen molar-refractivity contribution in [3.63, 3.8) is 0 Å². The van der Waals surface area contributed by atoms with Crippen molar-refractivity contribution in [2.45, 2.75) is 37.6 Å². The molecule has 0 unspecified atom stereocenters. The number of aryl methyl sites for hydroxylation is 2. The number of hydrogen-bond acceptors (Lipinski definition) is 5. The number of nitrogens with zero attached hydrogens (tertiary/aromatic N) is 4. The largest absolute Gasteiger partial charge is 0.433 e. The molecule has 0 saturated carbocycles. The lowest BCUT2D eigenvalue weighted by molar-refractivity contribution is -0.142. The van der Waals surface area contributed by atoms with E-state index in [1.54, 1.807) is 29.1 Å². The van der Waals surface area contributed by atoms with Gasteiger partial charge in [-0.25, -0.2) is 9.97 Å². The number of amides is 1. The van der Waals surface area contributed by atoms with Gasteiger partial charge in [0.1, 0.15) is 0 Å². The fraction of sp³-hybridized carbons (Fsp3) is 0.231. The number of hydrogen-bond donors (Lipinski definition) is 1. The molecule has 0 saturated heterocycles. The van der Waals surface area contributed by atoms with E-state index in [2.05, 4.69) is 20.4 Å². The van der Waals surface area contributed by atoms with Gasteiger partial charge in [0, 0.05) is 23.4 Å². The summed E-state index contributed by atoms with van der Waals surface area (Å²) >= 11 is 0.867. The predicted molar refractivity (Wildman–Crippen MR) is 132 cm³/mol. The minimum absolute atomic E-state index is 0.0853. The lowest BCUT2D eigenvalue weighted by Crippen LogP contribution is -2.19. The summed E-state index contributed by atoms with van der Waals surface area (Å²) < 4.78 is 43.1. The van der Waals surface area contributed by atoms with Crippen molar-refractivity contribution in [3.05, 3.63) is 88.7 Å². The van der Waals surface area contributed by atoms with E-state index in [1.165, 1.54) is 5.56 Å². The molecule has 1 N–H and O–H groups in total. The summed E-state index contributed by atoms with van der Waals surface area (Å²) in [6.45, 7) is 2.57. The van der Waals surface area contributed by atoms with Crippen LogP contribution in [0.4, 0.5) is 19.0 Å². The van der Waals surface area contributed by atoms with Gasteiger partial charge in [-0.3, -0.25) is 9.48 Å². The number of benzene rings is 2. The summed E-state index contributed by atoms with van der Waals surface area (Å²) in [5, 5.41) is 6.94. The summed E-state index contributed by atoms with van der Waals surface area (Å²) in [5.74, 6) is -0.192. The number of rotatable bonds is 6. The predicted octanol–water partition coefficient (Wildman–Crippen LogP) is 5.55. The molecule has 5 rings (SSSR count). The van der Waals surface area contributed by atoms with E-state index in [1.807, 2.05) is 43.3 Å². The van der Waals surface area contributed by atoms with Crippen LogP contribution in [0.2, 0.25) is 0 Å². The van der Waals surface area contributed by atoms with E-state index >= 15 is 0 Å². The van der Waals surface area contributed by atoms with Crippen LogP contribution >= 0.6 is 11.8 Å². The molecule has 10 heteroatoms. The van der Waals surface area contributed by atoms with Crippen molar-refractivity contribution in [2.75, 3.05) is 11.1 Å². The molecular formula is C26H22F3N5OS. The molecule has 1 aliphatic rings. The number of alkyl halides is 3. The SMILES string of the molecule is Cc1ccc(Cn2ccc(NC(=O)CSc3nc4c(c(C(F)(F)F)n3)CCc3ccccc3-4)n2)cc1. The zero-order valence-electron chi connectivity index (χ0n) is 19.3. The van der Waals surface area contributed by atoms with Crippen molar-refractivity contribution < 1.29 is 18.0 Å². The molecule has 36 heavy (non-hydrogen) atoms. The Bertz CT molecular complexity index is 1420. The molecule has 0 aliphatic heterocycles. The maximum absolute atomic E-state index is 13.8. The lowest BCUT2D eigenvalue weighted by atomic mass is 9.88. The fourth-order valence-corrected chi connectivity index (χ4v) is 4.80. The molecule has 4 aromatic rings. The zero-order chi connectivity index (χ0) is 25.3. The Hall–Kier alpha value is -3.66. The first-order valence-corrected chi connectivity index (χ1v) is 12.3. The van der Waals surface area contributed by atoms with Gasteiger partial charge in [0.25, 0.3) is 0 Å². The van der Waals surface area contributed by atoms with Gasteiger partial charge in [0.2, 0.25) is 5.91 Å². The first kappa shape index (κ1) is 24.1.